The number of hydrogen-bond acceptors (Lipinski definition) is 3. The number of methoxy groups -OCH3 is 1. The van der Waals surface area contributed by atoms with Gasteiger partial charge in [-0.25, -0.2) is 0 Å². The Hall–Kier alpha value is -1.22. The summed E-state index contributed by atoms with van der Waals surface area (Å²) in [6, 6.07) is 8.41. The van der Waals surface area contributed by atoms with Crippen LogP contribution < -0.4 is 15.4 Å². The predicted octanol–water partition coefficient (Wildman–Crippen LogP) is 0.842. The van der Waals surface area contributed by atoms with Crippen molar-refractivity contribution in [1.82, 2.24) is 0 Å². The summed E-state index contributed by atoms with van der Waals surface area (Å²) in [5.41, 5.74) is 6.92. The van der Waals surface area contributed by atoms with E-state index < -0.39 is 0 Å². The highest BCUT2D eigenvalue weighted by Crippen LogP contribution is 2.22. The molecule has 0 saturated carbocycles. The van der Waals surface area contributed by atoms with Crippen LogP contribution in [0.25, 0.3) is 0 Å². The van der Waals surface area contributed by atoms with Crippen LogP contribution in [0.3, 0.4) is 0 Å². The first-order valence-electron chi connectivity index (χ1n) is 4.44. The number of hydrogen-bond donors (Lipinski definition) is 1. The molecule has 1 aromatic carbocycles. The second-order valence-corrected chi connectivity index (χ2v) is 3.36. The maximum atomic E-state index is 5.70. The molecular formula is C10H14N2O. The minimum Gasteiger partial charge on any atom is -0.497 e. The van der Waals surface area contributed by atoms with Gasteiger partial charge in [0.15, 0.2) is 0 Å². The molecular weight excluding hydrogens is 164 g/mol. The number of rotatable bonds is 2. The number of anilines is 1. The lowest BCUT2D eigenvalue weighted by molar-refractivity contribution is 0.414. The van der Waals surface area contributed by atoms with Crippen molar-refractivity contribution >= 4 is 5.69 Å². The fourth-order valence-electron chi connectivity index (χ4n) is 1.52. The lowest BCUT2D eigenvalue weighted by atomic mass is 10.1. The van der Waals surface area contributed by atoms with Gasteiger partial charge in [-0.05, 0) is 24.3 Å². The normalized spacial score (nSPS) is 16.9. The van der Waals surface area contributed by atoms with Gasteiger partial charge in [-0.3, -0.25) is 0 Å². The lowest BCUT2D eigenvalue weighted by Gasteiger charge is -2.38. The van der Waals surface area contributed by atoms with Gasteiger partial charge in [0.25, 0.3) is 0 Å². The van der Waals surface area contributed by atoms with Gasteiger partial charge in [0.05, 0.1) is 7.11 Å². The molecule has 2 N–H and O–H groups in total. The van der Waals surface area contributed by atoms with Crippen molar-refractivity contribution in [2.24, 2.45) is 5.73 Å². The Balaban J connectivity index is 2.06. The van der Waals surface area contributed by atoms with Crippen molar-refractivity contribution in [1.29, 1.82) is 0 Å². The van der Waals surface area contributed by atoms with E-state index in [0.717, 1.165) is 18.8 Å². The van der Waals surface area contributed by atoms with Crippen molar-refractivity contribution in [2.75, 3.05) is 25.1 Å². The lowest BCUT2D eigenvalue weighted by Crippen LogP contribution is -2.55. The van der Waals surface area contributed by atoms with Gasteiger partial charge >= 0.3 is 0 Å². The molecule has 2 rings (SSSR count). The van der Waals surface area contributed by atoms with Gasteiger partial charge in [-0.1, -0.05) is 0 Å². The summed E-state index contributed by atoms with van der Waals surface area (Å²) in [7, 11) is 1.68. The Morgan fingerprint density at radius 1 is 1.31 bits per heavy atom. The molecule has 1 heterocycles. The number of nitrogens with two attached hydrogens (primary N) is 1. The summed E-state index contributed by atoms with van der Waals surface area (Å²) >= 11 is 0. The molecule has 0 atom stereocenters. The molecule has 0 aliphatic carbocycles. The van der Waals surface area contributed by atoms with E-state index in [0.29, 0.717) is 6.04 Å². The first-order valence-corrected chi connectivity index (χ1v) is 4.44. The molecule has 1 aliphatic heterocycles. The van der Waals surface area contributed by atoms with Crippen LogP contribution >= 0.6 is 0 Å². The van der Waals surface area contributed by atoms with Crippen LogP contribution in [-0.2, 0) is 0 Å². The molecule has 1 saturated heterocycles. The van der Waals surface area contributed by atoms with Gasteiger partial charge in [-0.2, -0.15) is 0 Å². The molecule has 0 radical (unpaired) electrons. The van der Waals surface area contributed by atoms with Gasteiger partial charge in [-0.15, -0.1) is 0 Å². The third kappa shape index (κ3) is 1.60. The predicted molar refractivity (Wildman–Crippen MR) is 53.2 cm³/mol. The summed E-state index contributed by atoms with van der Waals surface area (Å²) < 4.78 is 5.08. The quantitative estimate of drug-likeness (QED) is 0.729. The Morgan fingerprint density at radius 2 is 1.92 bits per heavy atom. The standard InChI is InChI=1S/C10H14N2O/c1-13-10-4-2-9(3-5-10)12-6-8(11)7-12/h2-5,8H,6-7,11H2,1H3. The van der Waals surface area contributed by atoms with Crippen molar-refractivity contribution < 1.29 is 4.74 Å². The van der Waals surface area contributed by atoms with E-state index >= 15 is 0 Å². The van der Waals surface area contributed by atoms with Crippen molar-refractivity contribution in [2.45, 2.75) is 6.04 Å². The van der Waals surface area contributed by atoms with Crippen LogP contribution in [0.4, 0.5) is 5.69 Å². The highest BCUT2D eigenvalue weighted by atomic mass is 16.5. The van der Waals surface area contributed by atoms with Gasteiger partial charge < -0.3 is 15.4 Å². The largest absolute Gasteiger partial charge is 0.497 e. The van der Waals surface area contributed by atoms with Crippen molar-refractivity contribution in [3.63, 3.8) is 0 Å². The fraction of sp³-hybridized carbons (Fsp3) is 0.400. The van der Waals surface area contributed by atoms with Crippen LogP contribution in [0.5, 0.6) is 5.75 Å². The summed E-state index contributed by atoms with van der Waals surface area (Å²) in [6.45, 7) is 1.93. The second kappa shape index (κ2) is 3.26. The molecule has 3 nitrogen and oxygen atoms in total. The molecule has 0 aromatic heterocycles. The summed E-state index contributed by atoms with van der Waals surface area (Å²) in [5.74, 6) is 0.897. The monoisotopic (exact) mass is 178 g/mol. The average Bonchev–Trinajstić information content (AvgIpc) is 2.13. The van der Waals surface area contributed by atoms with E-state index in [-0.39, 0.29) is 0 Å². The third-order valence-electron chi connectivity index (χ3n) is 2.35. The minimum atomic E-state index is 0.349. The average molecular weight is 178 g/mol. The Morgan fingerprint density at radius 3 is 2.38 bits per heavy atom. The van der Waals surface area contributed by atoms with Crippen molar-refractivity contribution in [3.8, 4) is 5.75 Å². The first kappa shape index (κ1) is 8.38. The molecule has 1 fully saturated rings. The Labute approximate surface area is 78.1 Å². The fourth-order valence-corrected chi connectivity index (χ4v) is 1.52. The molecule has 1 aliphatic rings. The van der Waals surface area contributed by atoms with E-state index in [9.17, 15) is 0 Å². The zero-order chi connectivity index (χ0) is 9.26. The molecule has 0 unspecified atom stereocenters. The van der Waals surface area contributed by atoms with E-state index in [1.54, 1.807) is 7.11 Å². The molecule has 70 valence electrons. The van der Waals surface area contributed by atoms with Crippen molar-refractivity contribution in [3.05, 3.63) is 24.3 Å². The molecule has 0 bridgehead atoms. The van der Waals surface area contributed by atoms with E-state index in [4.69, 9.17) is 10.5 Å². The Bertz CT molecular complexity index is 277. The first-order chi connectivity index (χ1) is 6.29. The highest BCUT2D eigenvalue weighted by Gasteiger charge is 2.22. The molecule has 1 aromatic rings. The molecule has 0 amide bonds. The van der Waals surface area contributed by atoms with E-state index in [1.807, 2.05) is 12.1 Å². The van der Waals surface area contributed by atoms with E-state index in [2.05, 4.69) is 17.0 Å². The topological polar surface area (TPSA) is 38.5 Å². The molecule has 3 heteroatoms. The van der Waals surface area contributed by atoms with Crippen LogP contribution in [0, 0.1) is 0 Å². The number of nitrogens with zero attached hydrogens (tertiary/aromatic N) is 1. The highest BCUT2D eigenvalue weighted by molar-refractivity contribution is 5.51. The maximum absolute atomic E-state index is 5.70. The summed E-state index contributed by atoms with van der Waals surface area (Å²) in [4.78, 5) is 2.25. The number of benzene rings is 1. The molecule has 13 heavy (non-hydrogen) atoms. The van der Waals surface area contributed by atoms with Gasteiger partial charge in [0, 0.05) is 24.8 Å². The smallest absolute Gasteiger partial charge is 0.119 e. The van der Waals surface area contributed by atoms with Crippen LogP contribution in [0.1, 0.15) is 0 Å². The SMILES string of the molecule is COc1ccc(N2CC(N)C2)cc1. The zero-order valence-corrected chi connectivity index (χ0v) is 7.73. The maximum Gasteiger partial charge on any atom is 0.119 e. The third-order valence-corrected chi connectivity index (χ3v) is 2.35. The summed E-state index contributed by atoms with van der Waals surface area (Å²) in [5, 5.41) is 0. The number of ether oxygens (including phenoxy) is 1. The minimum absolute atomic E-state index is 0.349. The van der Waals surface area contributed by atoms with E-state index in [1.165, 1.54) is 5.69 Å². The van der Waals surface area contributed by atoms with Gasteiger partial charge in [0.1, 0.15) is 5.75 Å². The van der Waals surface area contributed by atoms with Gasteiger partial charge in [0.2, 0.25) is 0 Å². The Kier molecular flexibility index (Phi) is 2.10. The summed E-state index contributed by atoms with van der Waals surface area (Å²) in [6.07, 6.45) is 0. The molecule has 0 spiro atoms. The van der Waals surface area contributed by atoms with Crippen LogP contribution in [0.2, 0.25) is 0 Å². The van der Waals surface area contributed by atoms with Crippen LogP contribution in [-0.4, -0.2) is 26.2 Å². The van der Waals surface area contributed by atoms with Crippen LogP contribution in [0.15, 0.2) is 24.3 Å². The second-order valence-electron chi connectivity index (χ2n) is 3.36. The zero-order valence-electron chi connectivity index (χ0n) is 7.73.